The lowest BCUT2D eigenvalue weighted by Crippen LogP contribution is -2.46. The molecule has 1 rings (SSSR count). The van der Waals surface area contributed by atoms with Gasteiger partial charge in [0.15, 0.2) is 0 Å². The molecule has 126 valence electrons. The molecule has 0 aliphatic heterocycles. The maximum absolute atomic E-state index is 11.6. The van der Waals surface area contributed by atoms with Crippen LogP contribution in [-0.4, -0.2) is 42.1 Å². The lowest BCUT2D eigenvalue weighted by Gasteiger charge is -2.22. The maximum atomic E-state index is 11.6. The highest BCUT2D eigenvalue weighted by atomic mass is 16.4. The first-order chi connectivity index (χ1) is 10.6. The van der Waals surface area contributed by atoms with Crippen LogP contribution in [0.4, 0.5) is 4.79 Å². The summed E-state index contributed by atoms with van der Waals surface area (Å²) in [4.78, 5) is 33.5. The molecular weight excluding hydrogens is 286 g/mol. The van der Waals surface area contributed by atoms with E-state index in [0.29, 0.717) is 13.0 Å². The fourth-order valence-corrected chi connectivity index (χ4v) is 2.51. The molecule has 1 aliphatic carbocycles. The van der Waals surface area contributed by atoms with Crippen LogP contribution in [-0.2, 0) is 9.59 Å². The van der Waals surface area contributed by atoms with Gasteiger partial charge in [-0.15, -0.1) is 0 Å². The summed E-state index contributed by atoms with van der Waals surface area (Å²) in [7, 11) is 0. The van der Waals surface area contributed by atoms with E-state index in [1.807, 2.05) is 0 Å². The van der Waals surface area contributed by atoms with Crippen LogP contribution in [0.15, 0.2) is 0 Å². The summed E-state index contributed by atoms with van der Waals surface area (Å²) < 4.78 is 0. The molecule has 0 bridgehead atoms. The standard InChI is InChI=1S/C15H27N3O4/c19-13(16-10-6-2-5-9-14(20)21)11-17-15(22)18-12-7-3-1-4-8-12/h12H,1-11H2,(H,16,19)(H,20,21)(H2,17,18,22). The number of aliphatic carboxylic acids is 1. The van der Waals surface area contributed by atoms with Crippen molar-refractivity contribution in [2.45, 2.75) is 63.8 Å². The molecule has 1 fully saturated rings. The van der Waals surface area contributed by atoms with E-state index in [4.69, 9.17) is 5.11 Å². The van der Waals surface area contributed by atoms with Crippen LogP contribution in [0.1, 0.15) is 57.8 Å². The minimum Gasteiger partial charge on any atom is -0.481 e. The highest BCUT2D eigenvalue weighted by Crippen LogP contribution is 2.16. The van der Waals surface area contributed by atoms with Crippen LogP contribution in [0.3, 0.4) is 0 Å². The predicted octanol–water partition coefficient (Wildman–Crippen LogP) is 1.38. The van der Waals surface area contributed by atoms with Gasteiger partial charge in [0.25, 0.3) is 0 Å². The summed E-state index contributed by atoms with van der Waals surface area (Å²) >= 11 is 0. The van der Waals surface area contributed by atoms with Crippen LogP contribution >= 0.6 is 0 Å². The van der Waals surface area contributed by atoms with E-state index in [0.717, 1.165) is 38.5 Å². The van der Waals surface area contributed by atoms with Crippen molar-refractivity contribution in [2.75, 3.05) is 13.1 Å². The van der Waals surface area contributed by atoms with Crippen molar-refractivity contribution in [3.05, 3.63) is 0 Å². The van der Waals surface area contributed by atoms with Gasteiger partial charge in [0.05, 0.1) is 6.54 Å². The Morgan fingerprint density at radius 3 is 2.36 bits per heavy atom. The van der Waals surface area contributed by atoms with E-state index in [-0.39, 0.29) is 30.9 Å². The largest absolute Gasteiger partial charge is 0.481 e. The van der Waals surface area contributed by atoms with Gasteiger partial charge in [-0.1, -0.05) is 25.7 Å². The number of urea groups is 1. The zero-order valence-corrected chi connectivity index (χ0v) is 13.0. The molecule has 0 atom stereocenters. The van der Waals surface area contributed by atoms with E-state index in [9.17, 15) is 14.4 Å². The van der Waals surface area contributed by atoms with Crippen molar-refractivity contribution in [1.29, 1.82) is 0 Å². The van der Waals surface area contributed by atoms with Gasteiger partial charge in [0.1, 0.15) is 0 Å². The third-order valence-corrected chi connectivity index (χ3v) is 3.74. The van der Waals surface area contributed by atoms with E-state index in [2.05, 4.69) is 16.0 Å². The Hall–Kier alpha value is -1.79. The topological polar surface area (TPSA) is 108 Å². The third-order valence-electron chi connectivity index (χ3n) is 3.74. The van der Waals surface area contributed by atoms with Crippen LogP contribution in [0, 0.1) is 0 Å². The van der Waals surface area contributed by atoms with Crippen molar-refractivity contribution in [3.8, 4) is 0 Å². The number of hydrogen-bond donors (Lipinski definition) is 4. The SMILES string of the molecule is O=C(O)CCCCCNC(=O)CNC(=O)NC1CCCCC1. The zero-order chi connectivity index (χ0) is 16.2. The first-order valence-electron chi connectivity index (χ1n) is 8.11. The number of carboxylic acids is 1. The monoisotopic (exact) mass is 313 g/mol. The van der Waals surface area contributed by atoms with Gasteiger partial charge in [-0.25, -0.2) is 4.79 Å². The molecule has 7 nitrogen and oxygen atoms in total. The number of unbranched alkanes of at least 4 members (excludes halogenated alkanes) is 2. The predicted molar refractivity (Wildman–Crippen MR) is 82.5 cm³/mol. The highest BCUT2D eigenvalue weighted by Gasteiger charge is 2.15. The summed E-state index contributed by atoms with van der Waals surface area (Å²) in [5.41, 5.74) is 0. The van der Waals surface area contributed by atoms with Gasteiger partial charge in [0, 0.05) is 19.0 Å². The number of hydrogen-bond acceptors (Lipinski definition) is 3. The summed E-state index contributed by atoms with van der Waals surface area (Å²) in [6, 6.07) is -0.0606. The first-order valence-corrected chi connectivity index (χ1v) is 8.11. The van der Waals surface area contributed by atoms with Crippen LogP contribution in [0.25, 0.3) is 0 Å². The third kappa shape index (κ3) is 9.20. The summed E-state index contributed by atoms with van der Waals surface area (Å²) in [5.74, 6) is -1.02. The van der Waals surface area contributed by atoms with Gasteiger partial charge in [-0.3, -0.25) is 9.59 Å². The van der Waals surface area contributed by atoms with Crippen molar-refractivity contribution in [2.24, 2.45) is 0 Å². The van der Waals surface area contributed by atoms with Crippen LogP contribution < -0.4 is 16.0 Å². The van der Waals surface area contributed by atoms with Crippen LogP contribution in [0.2, 0.25) is 0 Å². The van der Waals surface area contributed by atoms with Gasteiger partial charge in [-0.2, -0.15) is 0 Å². The Kier molecular flexibility index (Phi) is 9.02. The molecule has 7 heteroatoms. The normalized spacial score (nSPS) is 15.1. The summed E-state index contributed by atoms with van der Waals surface area (Å²) in [6.07, 6.45) is 7.83. The Bertz CT molecular complexity index is 368. The molecule has 3 amide bonds. The van der Waals surface area contributed by atoms with Gasteiger partial charge < -0.3 is 21.1 Å². The maximum Gasteiger partial charge on any atom is 0.315 e. The lowest BCUT2D eigenvalue weighted by atomic mass is 9.96. The summed E-state index contributed by atoms with van der Waals surface area (Å²) in [6.45, 7) is 0.470. The van der Waals surface area contributed by atoms with E-state index < -0.39 is 5.97 Å². The molecule has 1 saturated carbocycles. The smallest absolute Gasteiger partial charge is 0.315 e. The molecule has 22 heavy (non-hydrogen) atoms. The molecule has 0 saturated heterocycles. The molecule has 0 aromatic carbocycles. The average molecular weight is 313 g/mol. The first kappa shape index (κ1) is 18.3. The highest BCUT2D eigenvalue weighted by molar-refractivity contribution is 5.83. The average Bonchev–Trinajstić information content (AvgIpc) is 2.49. The minimum absolute atomic E-state index is 0.0340. The Labute approximate surface area is 131 Å². The Morgan fingerprint density at radius 2 is 1.68 bits per heavy atom. The Balaban J connectivity index is 1.97. The number of carboxylic acid groups (broad SMARTS) is 1. The fraction of sp³-hybridized carbons (Fsp3) is 0.800. The quantitative estimate of drug-likeness (QED) is 0.482. The molecule has 0 heterocycles. The number of nitrogens with one attached hydrogen (secondary N) is 3. The van der Waals surface area contributed by atoms with E-state index >= 15 is 0 Å². The second-order valence-electron chi connectivity index (χ2n) is 5.72. The number of carbonyl (C=O) groups excluding carboxylic acids is 2. The number of amides is 3. The number of carbonyl (C=O) groups is 3. The van der Waals surface area contributed by atoms with E-state index in [1.165, 1.54) is 6.42 Å². The molecular formula is C15H27N3O4. The second kappa shape index (κ2) is 10.9. The van der Waals surface area contributed by atoms with Crippen LogP contribution in [0.5, 0.6) is 0 Å². The lowest BCUT2D eigenvalue weighted by molar-refractivity contribution is -0.137. The zero-order valence-electron chi connectivity index (χ0n) is 13.0. The van der Waals surface area contributed by atoms with Crippen molar-refractivity contribution in [1.82, 2.24) is 16.0 Å². The fourth-order valence-electron chi connectivity index (χ4n) is 2.51. The molecule has 0 aromatic rings. The van der Waals surface area contributed by atoms with Gasteiger partial charge >= 0.3 is 12.0 Å². The summed E-state index contributed by atoms with van der Waals surface area (Å²) in [5, 5.41) is 16.6. The molecule has 0 unspecified atom stereocenters. The molecule has 0 radical (unpaired) electrons. The van der Waals surface area contributed by atoms with Gasteiger partial charge in [-0.05, 0) is 25.7 Å². The van der Waals surface area contributed by atoms with Crippen molar-refractivity contribution >= 4 is 17.9 Å². The molecule has 0 spiro atoms. The van der Waals surface area contributed by atoms with Crippen molar-refractivity contribution < 1.29 is 19.5 Å². The molecule has 1 aliphatic rings. The van der Waals surface area contributed by atoms with Gasteiger partial charge in [0.2, 0.25) is 5.91 Å². The minimum atomic E-state index is -0.794. The Morgan fingerprint density at radius 1 is 0.955 bits per heavy atom. The number of rotatable bonds is 9. The second-order valence-corrected chi connectivity index (χ2v) is 5.72. The molecule has 0 aromatic heterocycles. The van der Waals surface area contributed by atoms with Crippen molar-refractivity contribution in [3.63, 3.8) is 0 Å². The van der Waals surface area contributed by atoms with E-state index in [1.54, 1.807) is 0 Å². The molecule has 4 N–H and O–H groups in total.